The van der Waals surface area contributed by atoms with Crippen molar-refractivity contribution in [1.29, 1.82) is 0 Å². The van der Waals surface area contributed by atoms with Crippen molar-refractivity contribution in [3.63, 3.8) is 0 Å². The summed E-state index contributed by atoms with van der Waals surface area (Å²) in [5, 5.41) is 3.06. The molecular weight excluding hydrogens is 320 g/mol. The zero-order chi connectivity index (χ0) is 16.2. The smallest absolute Gasteiger partial charge is 0.223 e. The summed E-state index contributed by atoms with van der Waals surface area (Å²) in [5.41, 5.74) is 10.7. The number of carbonyl (C=O) groups excluding carboxylic acids is 1. The van der Waals surface area contributed by atoms with Gasteiger partial charge in [-0.3, -0.25) is 4.79 Å². The number of aryl methyl sites for hydroxylation is 1. The van der Waals surface area contributed by atoms with Crippen LogP contribution in [0.3, 0.4) is 0 Å². The Hall–Kier alpha value is -1.84. The molecule has 128 valence electrons. The highest BCUT2D eigenvalue weighted by Gasteiger charge is 2.27. The van der Waals surface area contributed by atoms with Crippen molar-refractivity contribution in [2.75, 3.05) is 0 Å². The minimum atomic E-state index is 0. The first-order valence-electron chi connectivity index (χ1n) is 8.31. The maximum absolute atomic E-state index is 12.2. The minimum Gasteiger partial charge on any atom is -0.352 e. The van der Waals surface area contributed by atoms with Gasteiger partial charge in [0.25, 0.3) is 0 Å². The average Bonchev–Trinajstić information content (AvgIpc) is 2.99. The molecule has 1 fully saturated rings. The van der Waals surface area contributed by atoms with Crippen LogP contribution in [0.25, 0.3) is 11.1 Å². The molecule has 4 heteroatoms. The first-order valence-corrected chi connectivity index (χ1v) is 8.31. The van der Waals surface area contributed by atoms with Gasteiger partial charge in [-0.15, -0.1) is 12.4 Å². The molecule has 1 aliphatic rings. The maximum Gasteiger partial charge on any atom is 0.223 e. The predicted molar refractivity (Wildman–Crippen MR) is 101 cm³/mol. The first kappa shape index (κ1) is 18.5. The van der Waals surface area contributed by atoms with Gasteiger partial charge in [-0.25, -0.2) is 0 Å². The van der Waals surface area contributed by atoms with Crippen LogP contribution in [0.5, 0.6) is 0 Å². The zero-order valence-corrected chi connectivity index (χ0v) is 14.8. The zero-order valence-electron chi connectivity index (χ0n) is 14.0. The standard InChI is InChI=1S/C20H24N2O.ClH/c1-14-4-2-6-16(10-14)17-7-3-5-15(11-17)13-22-20(23)18-8-9-19(21)12-18;/h2-7,10-11,18-19H,8-9,12-13,21H2,1H3,(H,22,23);1H. The molecule has 0 aliphatic heterocycles. The molecule has 1 aliphatic carbocycles. The molecule has 0 radical (unpaired) electrons. The lowest BCUT2D eigenvalue weighted by Gasteiger charge is -2.12. The summed E-state index contributed by atoms with van der Waals surface area (Å²) >= 11 is 0. The van der Waals surface area contributed by atoms with Gasteiger partial charge in [-0.1, -0.05) is 48.0 Å². The largest absolute Gasteiger partial charge is 0.352 e. The molecule has 0 spiro atoms. The molecule has 3 rings (SSSR count). The molecule has 0 saturated heterocycles. The van der Waals surface area contributed by atoms with Crippen LogP contribution in [0.15, 0.2) is 48.5 Å². The monoisotopic (exact) mass is 344 g/mol. The van der Waals surface area contributed by atoms with Gasteiger partial charge in [0, 0.05) is 18.5 Å². The molecule has 0 heterocycles. The molecule has 1 amide bonds. The lowest BCUT2D eigenvalue weighted by Crippen LogP contribution is -2.29. The molecule has 0 bridgehead atoms. The van der Waals surface area contributed by atoms with Crippen LogP contribution >= 0.6 is 12.4 Å². The van der Waals surface area contributed by atoms with Crippen molar-refractivity contribution >= 4 is 18.3 Å². The van der Waals surface area contributed by atoms with Gasteiger partial charge in [-0.05, 0) is 48.9 Å². The summed E-state index contributed by atoms with van der Waals surface area (Å²) in [4.78, 5) is 12.2. The van der Waals surface area contributed by atoms with Crippen molar-refractivity contribution in [3.05, 3.63) is 59.7 Å². The molecule has 2 aromatic carbocycles. The quantitative estimate of drug-likeness (QED) is 0.885. The van der Waals surface area contributed by atoms with Gasteiger partial charge >= 0.3 is 0 Å². The van der Waals surface area contributed by atoms with Crippen molar-refractivity contribution < 1.29 is 4.79 Å². The number of carbonyl (C=O) groups is 1. The Labute approximate surface area is 150 Å². The summed E-state index contributed by atoms with van der Waals surface area (Å²) in [6.07, 6.45) is 2.69. The van der Waals surface area contributed by atoms with Crippen LogP contribution in [0.2, 0.25) is 0 Å². The Balaban J connectivity index is 0.00000208. The Morgan fingerprint density at radius 2 is 1.83 bits per heavy atom. The van der Waals surface area contributed by atoms with Crippen LogP contribution in [0.4, 0.5) is 0 Å². The second-order valence-electron chi connectivity index (χ2n) is 6.56. The van der Waals surface area contributed by atoms with E-state index in [0.717, 1.165) is 24.8 Å². The maximum atomic E-state index is 12.2. The highest BCUT2D eigenvalue weighted by atomic mass is 35.5. The van der Waals surface area contributed by atoms with Crippen molar-refractivity contribution in [1.82, 2.24) is 5.32 Å². The fraction of sp³-hybridized carbons (Fsp3) is 0.350. The summed E-state index contributed by atoms with van der Waals surface area (Å²) in [7, 11) is 0. The van der Waals surface area contributed by atoms with E-state index in [1.165, 1.54) is 16.7 Å². The fourth-order valence-corrected chi connectivity index (χ4v) is 3.27. The Kier molecular flexibility index (Phi) is 6.41. The molecule has 2 aromatic rings. The van der Waals surface area contributed by atoms with E-state index in [1.807, 2.05) is 6.07 Å². The summed E-state index contributed by atoms with van der Waals surface area (Å²) in [6, 6.07) is 17.0. The third-order valence-corrected chi connectivity index (χ3v) is 4.59. The average molecular weight is 345 g/mol. The van der Waals surface area contributed by atoms with E-state index in [2.05, 4.69) is 54.7 Å². The number of amides is 1. The van der Waals surface area contributed by atoms with Crippen molar-refractivity contribution in [3.8, 4) is 11.1 Å². The Morgan fingerprint density at radius 1 is 1.12 bits per heavy atom. The van der Waals surface area contributed by atoms with Crippen LogP contribution in [0, 0.1) is 12.8 Å². The van der Waals surface area contributed by atoms with Gasteiger partial charge in [-0.2, -0.15) is 0 Å². The lowest BCUT2D eigenvalue weighted by atomic mass is 10.0. The number of halogens is 1. The van der Waals surface area contributed by atoms with Gasteiger partial charge in [0.2, 0.25) is 5.91 Å². The van der Waals surface area contributed by atoms with Crippen molar-refractivity contribution in [2.24, 2.45) is 11.7 Å². The van der Waals surface area contributed by atoms with Crippen molar-refractivity contribution in [2.45, 2.75) is 38.8 Å². The summed E-state index contributed by atoms with van der Waals surface area (Å²) < 4.78 is 0. The second kappa shape index (κ2) is 8.32. The highest BCUT2D eigenvalue weighted by Crippen LogP contribution is 2.24. The van der Waals surface area contributed by atoms with Crippen LogP contribution in [-0.2, 0) is 11.3 Å². The predicted octanol–water partition coefficient (Wildman–Crippen LogP) is 3.83. The third kappa shape index (κ3) is 4.59. The Morgan fingerprint density at radius 3 is 2.50 bits per heavy atom. The Bertz CT molecular complexity index is 702. The molecule has 3 N–H and O–H groups in total. The van der Waals surface area contributed by atoms with Gasteiger partial charge in [0.15, 0.2) is 0 Å². The molecule has 2 unspecified atom stereocenters. The molecular formula is C20H25ClN2O. The lowest BCUT2D eigenvalue weighted by molar-refractivity contribution is -0.125. The third-order valence-electron chi connectivity index (χ3n) is 4.59. The van der Waals surface area contributed by atoms with E-state index in [0.29, 0.717) is 6.54 Å². The van der Waals surface area contributed by atoms with Crippen LogP contribution < -0.4 is 11.1 Å². The summed E-state index contributed by atoms with van der Waals surface area (Å²) in [5.74, 6) is 0.226. The molecule has 24 heavy (non-hydrogen) atoms. The number of rotatable bonds is 4. The van der Waals surface area contributed by atoms with E-state index in [-0.39, 0.29) is 30.3 Å². The summed E-state index contributed by atoms with van der Waals surface area (Å²) in [6.45, 7) is 2.67. The molecule has 3 nitrogen and oxygen atoms in total. The van der Waals surface area contributed by atoms with Gasteiger partial charge in [0.05, 0.1) is 0 Å². The minimum absolute atomic E-state index is 0. The SMILES string of the molecule is Cc1cccc(-c2cccc(CNC(=O)C3CCC(N)C3)c2)c1.Cl. The normalized spacial score (nSPS) is 19.6. The van der Waals surface area contributed by atoms with E-state index < -0.39 is 0 Å². The first-order chi connectivity index (χ1) is 11.1. The topological polar surface area (TPSA) is 55.1 Å². The molecule has 1 saturated carbocycles. The van der Waals surface area contributed by atoms with Crippen LogP contribution in [-0.4, -0.2) is 11.9 Å². The fourth-order valence-electron chi connectivity index (χ4n) is 3.27. The number of hydrogen-bond acceptors (Lipinski definition) is 2. The van der Waals surface area contributed by atoms with E-state index in [1.54, 1.807) is 0 Å². The number of nitrogens with two attached hydrogens (primary N) is 1. The number of hydrogen-bond donors (Lipinski definition) is 2. The number of nitrogens with one attached hydrogen (secondary N) is 1. The van der Waals surface area contributed by atoms with E-state index in [9.17, 15) is 4.79 Å². The second-order valence-corrected chi connectivity index (χ2v) is 6.56. The van der Waals surface area contributed by atoms with E-state index >= 15 is 0 Å². The molecule has 2 atom stereocenters. The highest BCUT2D eigenvalue weighted by molar-refractivity contribution is 5.85. The van der Waals surface area contributed by atoms with E-state index in [4.69, 9.17) is 5.73 Å². The van der Waals surface area contributed by atoms with Crippen LogP contribution in [0.1, 0.15) is 30.4 Å². The molecule has 0 aromatic heterocycles. The number of benzene rings is 2. The van der Waals surface area contributed by atoms with Gasteiger partial charge in [0.1, 0.15) is 0 Å². The van der Waals surface area contributed by atoms with Gasteiger partial charge < -0.3 is 11.1 Å².